The third kappa shape index (κ3) is 19.5. The topological polar surface area (TPSA) is 420 Å². The monoisotopic (exact) mass is 1510 g/mol. The van der Waals surface area contributed by atoms with Crippen molar-refractivity contribution in [2.24, 2.45) is 40.2 Å². The van der Waals surface area contributed by atoms with E-state index in [4.69, 9.17) is 38.9 Å². The standard InChI is InChI=1S/C79H100N8O22/c1-44(2)57(91)41-103-42-61(92)84-63(45(3)4)71(97)83-55(29-22-34-81-73(80)99)70(96)82-53-32-30-49(31-33-53)40-104-74(100)86(11)35-36-87(12)75(101)108-59-38-60-78(43-105-60,109-48(7)89)67-54(37-56(90)50-23-16-13-17-24-50)79(102)39-58(46(5)62(76(79,8)9)66(106-47(6)88)68(94)77(59,67)10)107-72(98)65(93)64(51-25-18-14-19-26-51)85-69(95)52-27-20-15-21-28-52/h13-21,23-28,30-33,44-45,54-55,58-60,63-67,93,102H,22,29,34-43H2,1-12H3,(H,82,96)(H,83,97)(H,84,92)(H,85,95)(H3,80,81,99)/t54-,55-,58-,59-,60+,63-,64-,65+,66+,67-,77+,78-,79+/m0/s1. The molecule has 9 N–H and O–H groups in total. The molecule has 1 saturated heterocycles. The van der Waals surface area contributed by atoms with Crippen LogP contribution in [0.4, 0.5) is 20.1 Å². The predicted molar refractivity (Wildman–Crippen MR) is 392 cm³/mol. The van der Waals surface area contributed by atoms with Crippen LogP contribution in [0.1, 0.15) is 139 Å². The van der Waals surface area contributed by atoms with E-state index in [1.807, 2.05) is 0 Å². The van der Waals surface area contributed by atoms with Crippen LogP contribution in [0.15, 0.2) is 126 Å². The minimum atomic E-state index is -2.37. The fraction of sp³-hybridized carbons (Fsp3) is 0.506. The number of ether oxygens (including phenoxy) is 7. The molecule has 30 heteroatoms. The van der Waals surface area contributed by atoms with Gasteiger partial charge >= 0.3 is 36.1 Å². The number of carbonyl (C=O) groups is 13. The summed E-state index contributed by atoms with van der Waals surface area (Å²) in [7, 11) is 2.79. The minimum absolute atomic E-state index is 0.0363. The molecule has 4 aromatic rings. The van der Waals surface area contributed by atoms with Crippen LogP contribution in [0.5, 0.6) is 0 Å². The highest BCUT2D eigenvalue weighted by Crippen LogP contribution is 2.67. The maximum Gasteiger partial charge on any atom is 0.409 e. The molecule has 3 aliphatic carbocycles. The van der Waals surface area contributed by atoms with E-state index in [1.54, 1.807) is 145 Å². The van der Waals surface area contributed by atoms with Gasteiger partial charge in [-0.3, -0.25) is 43.2 Å². The minimum Gasteiger partial charge on any atom is -0.456 e. The number of urea groups is 1. The Kier molecular flexibility index (Phi) is 28.0. The lowest BCUT2D eigenvalue weighted by Gasteiger charge is -2.68. The summed E-state index contributed by atoms with van der Waals surface area (Å²) in [4.78, 5) is 182. The van der Waals surface area contributed by atoms with Gasteiger partial charge in [-0.25, -0.2) is 19.2 Å². The zero-order valence-electron chi connectivity index (χ0n) is 63.4. The van der Waals surface area contributed by atoms with E-state index >= 15 is 9.59 Å². The largest absolute Gasteiger partial charge is 0.456 e. The quantitative estimate of drug-likeness (QED) is 0.00913. The maximum atomic E-state index is 16.7. The van der Waals surface area contributed by atoms with Gasteiger partial charge in [0, 0.05) is 107 Å². The summed E-state index contributed by atoms with van der Waals surface area (Å²) in [5.41, 5.74) is -1.36. The number of aliphatic hydroxyl groups excluding tert-OH is 1. The second kappa shape index (κ2) is 36.2. The van der Waals surface area contributed by atoms with Crippen molar-refractivity contribution in [1.29, 1.82) is 0 Å². The number of ketones is 3. The molecule has 1 aliphatic heterocycles. The molecule has 0 unspecified atom stereocenters. The molecule has 2 bridgehead atoms. The van der Waals surface area contributed by atoms with Crippen LogP contribution in [0.25, 0.3) is 0 Å². The van der Waals surface area contributed by atoms with E-state index in [0.717, 1.165) is 18.7 Å². The van der Waals surface area contributed by atoms with Gasteiger partial charge in [-0.2, -0.15) is 0 Å². The molecule has 30 nitrogen and oxygen atoms in total. The van der Waals surface area contributed by atoms with Crippen LogP contribution in [0.3, 0.4) is 0 Å². The first-order chi connectivity index (χ1) is 51.4. The number of carbonyl (C=O) groups excluding carboxylic acids is 13. The van der Waals surface area contributed by atoms with Crippen LogP contribution in [0.2, 0.25) is 0 Å². The van der Waals surface area contributed by atoms with Gasteiger partial charge < -0.3 is 85.5 Å². The van der Waals surface area contributed by atoms with Gasteiger partial charge in [0.2, 0.25) is 17.7 Å². The van der Waals surface area contributed by atoms with Gasteiger partial charge in [0.05, 0.1) is 23.7 Å². The molecule has 3 fully saturated rings. The Morgan fingerprint density at radius 2 is 1.33 bits per heavy atom. The molecular weight excluding hydrogens is 1410 g/mol. The van der Waals surface area contributed by atoms with Crippen molar-refractivity contribution in [3.63, 3.8) is 0 Å². The molecule has 2 saturated carbocycles. The molecule has 8 rings (SSSR count). The summed E-state index contributed by atoms with van der Waals surface area (Å²) >= 11 is 0. The maximum absolute atomic E-state index is 16.7. The Morgan fingerprint density at radius 1 is 0.725 bits per heavy atom. The first kappa shape index (κ1) is 84.2. The number of rotatable bonds is 32. The SMILES string of the molecule is CC(=O)O[C@H]1C(=O)[C@]2(C)[C@@H](OC(=O)N(C)CCN(C)C(=O)OCc3ccc(NC(=O)[C@H](CCCNC(N)=O)NC(=O)[C@@H](NC(=O)COCC(=O)C(C)C)C(C)C)cc3)C[C@H]3OC[C@@]3(OC(C)=O)[C@H]2[C@H](CC(=O)c2ccccc2)[C@]2(O)C[C@H](OC(=O)[C@H](O)[C@@H](NC(=O)c3ccccc3)c3ccccc3)C(C)=C1C2(C)C. The zero-order valence-corrected chi connectivity index (χ0v) is 63.4. The molecule has 4 aliphatic rings. The lowest BCUT2D eigenvalue weighted by molar-refractivity contribution is -0.339. The number of amides is 8. The number of hydrogen-bond donors (Lipinski definition) is 8. The summed E-state index contributed by atoms with van der Waals surface area (Å²) in [6.07, 6.45) is -11.5. The second-order valence-corrected chi connectivity index (χ2v) is 29.6. The summed E-state index contributed by atoms with van der Waals surface area (Å²) in [6, 6.07) is 26.1. The Bertz CT molecular complexity index is 4050. The average Bonchev–Trinajstić information content (AvgIpc) is 0.667. The number of primary amides is 1. The zero-order chi connectivity index (χ0) is 80.0. The van der Waals surface area contributed by atoms with Gasteiger partial charge in [0.15, 0.2) is 35.2 Å². The van der Waals surface area contributed by atoms with Crippen molar-refractivity contribution in [3.05, 3.63) is 149 Å². The Hall–Kier alpha value is -10.4. The summed E-state index contributed by atoms with van der Waals surface area (Å²) in [5.74, 6) is -11.2. The van der Waals surface area contributed by atoms with Gasteiger partial charge in [0.1, 0.15) is 50.2 Å². The molecule has 1 heterocycles. The summed E-state index contributed by atoms with van der Waals surface area (Å²) in [5, 5.41) is 39.8. The number of fused-ring (bicyclic) bond motifs is 5. The Labute approximate surface area is 632 Å². The molecular formula is C79H100N8O22. The number of Topliss-reactive ketones (excluding diaryl/α,β-unsaturated/α-hetero) is 3. The highest BCUT2D eigenvalue weighted by atomic mass is 16.6. The molecule has 8 amide bonds. The molecule has 0 aromatic heterocycles. The van der Waals surface area contributed by atoms with Crippen molar-refractivity contribution in [3.8, 4) is 0 Å². The number of benzene rings is 4. The van der Waals surface area contributed by atoms with E-state index in [0.29, 0.717) is 11.1 Å². The van der Waals surface area contributed by atoms with Gasteiger partial charge in [-0.1, -0.05) is 133 Å². The molecule has 4 aromatic carbocycles. The number of anilines is 1. The summed E-state index contributed by atoms with van der Waals surface area (Å²) < 4.78 is 42.3. The van der Waals surface area contributed by atoms with Crippen LogP contribution >= 0.6 is 0 Å². The molecule has 0 radical (unpaired) electrons. The normalized spacial score (nSPS) is 23.5. The second-order valence-electron chi connectivity index (χ2n) is 29.6. The number of nitrogens with two attached hydrogens (primary N) is 1. The molecule has 0 spiro atoms. The van der Waals surface area contributed by atoms with Gasteiger partial charge in [-0.15, -0.1) is 0 Å². The fourth-order valence-corrected chi connectivity index (χ4v) is 15.0. The van der Waals surface area contributed by atoms with Crippen LogP contribution in [0, 0.1) is 34.5 Å². The third-order valence-electron chi connectivity index (χ3n) is 21.2. The number of likely N-dealkylation sites (N-methyl/N-ethyl adjacent to an activating group) is 2. The van der Waals surface area contributed by atoms with Crippen LogP contribution < -0.4 is 32.3 Å². The molecule has 13 atom stereocenters. The number of nitrogens with zero attached hydrogens (tertiary/aromatic N) is 2. The third-order valence-corrected chi connectivity index (χ3v) is 21.2. The van der Waals surface area contributed by atoms with Gasteiger partial charge in [-0.05, 0) is 79.1 Å². The first-order valence-corrected chi connectivity index (χ1v) is 36.2. The lowest BCUT2D eigenvalue weighted by atomic mass is 9.41. The fourth-order valence-electron chi connectivity index (χ4n) is 15.0. The van der Waals surface area contributed by atoms with E-state index in [9.17, 15) is 63.0 Å². The highest BCUT2D eigenvalue weighted by molar-refractivity contribution is 6.00. The Balaban J connectivity index is 1.01. The highest BCUT2D eigenvalue weighted by Gasteiger charge is 2.78. The van der Waals surface area contributed by atoms with E-state index in [1.165, 1.54) is 45.0 Å². The smallest absolute Gasteiger partial charge is 0.409 e. The Morgan fingerprint density at radius 3 is 1.90 bits per heavy atom. The van der Waals surface area contributed by atoms with E-state index in [2.05, 4.69) is 26.6 Å². The van der Waals surface area contributed by atoms with Crippen molar-refractivity contribution < 1.29 is 106 Å². The number of aliphatic hydroxyl groups is 2. The van der Waals surface area contributed by atoms with E-state index < -0.39 is 179 Å². The lowest BCUT2D eigenvalue weighted by Crippen LogP contribution is -2.80. The van der Waals surface area contributed by atoms with Crippen LogP contribution in [-0.4, -0.2) is 204 Å². The van der Waals surface area contributed by atoms with Crippen molar-refractivity contribution >= 4 is 82.8 Å². The van der Waals surface area contributed by atoms with Crippen molar-refractivity contribution in [2.75, 3.05) is 58.9 Å². The number of esters is 3. The van der Waals surface area contributed by atoms with Crippen molar-refractivity contribution in [1.82, 2.24) is 31.1 Å². The van der Waals surface area contributed by atoms with E-state index in [-0.39, 0.29) is 98.4 Å². The summed E-state index contributed by atoms with van der Waals surface area (Å²) in [6.45, 7) is 13.4. The number of nitrogens with one attached hydrogen (secondary N) is 5. The number of hydrogen-bond acceptors (Lipinski definition) is 22. The van der Waals surface area contributed by atoms with Crippen molar-refractivity contribution in [2.45, 2.75) is 168 Å². The average molecular weight is 1510 g/mol. The van der Waals surface area contributed by atoms with Gasteiger partial charge in [0.25, 0.3) is 5.91 Å². The van der Waals surface area contributed by atoms with Crippen LogP contribution in [-0.2, 0) is 78.1 Å². The predicted octanol–water partition coefficient (Wildman–Crippen LogP) is 6.00. The molecule has 588 valence electrons. The first-order valence-electron chi connectivity index (χ1n) is 36.2. The molecule has 109 heavy (non-hydrogen) atoms.